The van der Waals surface area contributed by atoms with Crippen molar-refractivity contribution in [3.63, 3.8) is 0 Å². The molecule has 0 bridgehead atoms. The Morgan fingerprint density at radius 1 is 0.761 bits per heavy atom. The molecule has 0 aliphatic rings. The quantitative estimate of drug-likeness (QED) is 0.0650. The number of hydrogen-bond acceptors (Lipinski definition) is 6. The number of thioether (sulfide) groups is 1. The zero-order valence-electron chi connectivity index (χ0n) is 24.6. The molecule has 0 fully saturated rings. The summed E-state index contributed by atoms with van der Waals surface area (Å²) in [4.78, 5) is 51.4. The smallest absolute Gasteiger partial charge is 0.339 e. The van der Waals surface area contributed by atoms with Crippen LogP contribution in [0.15, 0.2) is 126 Å². The molecule has 5 aromatic carbocycles. The van der Waals surface area contributed by atoms with Crippen LogP contribution in [0.1, 0.15) is 33.2 Å². The van der Waals surface area contributed by atoms with Crippen molar-refractivity contribution in [1.82, 2.24) is 5.32 Å². The van der Waals surface area contributed by atoms with Crippen molar-refractivity contribution in [3.8, 4) is 5.75 Å². The number of hydrogen-bond donors (Lipinski definition) is 5. The van der Waals surface area contributed by atoms with E-state index in [2.05, 4.69) is 16.0 Å². The summed E-state index contributed by atoms with van der Waals surface area (Å²) in [5, 5.41) is 28.5. The van der Waals surface area contributed by atoms with E-state index in [-0.39, 0.29) is 22.9 Å². The molecule has 3 amide bonds. The first-order valence-corrected chi connectivity index (χ1v) is 15.1. The summed E-state index contributed by atoms with van der Waals surface area (Å²) >= 11 is 1.27. The Balaban J connectivity index is 1.29. The van der Waals surface area contributed by atoms with Crippen LogP contribution in [-0.2, 0) is 9.59 Å². The van der Waals surface area contributed by atoms with Crippen molar-refractivity contribution >= 4 is 63.7 Å². The number of fused-ring (bicyclic) bond motifs is 1. The van der Waals surface area contributed by atoms with Gasteiger partial charge in [0.15, 0.2) is 0 Å². The van der Waals surface area contributed by atoms with E-state index in [4.69, 9.17) is 0 Å². The van der Waals surface area contributed by atoms with Gasteiger partial charge in [0.1, 0.15) is 17.0 Å². The molecule has 5 aromatic rings. The number of phenols is 1. The monoisotopic (exact) mass is 631 g/mol. The molecule has 0 spiro atoms. The molecule has 9 nitrogen and oxygen atoms in total. The van der Waals surface area contributed by atoms with E-state index >= 15 is 0 Å². The van der Waals surface area contributed by atoms with E-state index in [1.807, 2.05) is 42.5 Å². The van der Waals surface area contributed by atoms with E-state index in [0.717, 1.165) is 21.2 Å². The molecule has 0 saturated carbocycles. The van der Waals surface area contributed by atoms with Gasteiger partial charge in [0.25, 0.3) is 11.8 Å². The van der Waals surface area contributed by atoms with Crippen LogP contribution in [0, 0.1) is 0 Å². The number of rotatable bonds is 10. The number of carbonyl (C=O) groups excluding carboxylic acids is 3. The normalized spacial score (nSPS) is 11.8. The van der Waals surface area contributed by atoms with E-state index in [9.17, 15) is 29.4 Å². The van der Waals surface area contributed by atoms with Gasteiger partial charge in [-0.05, 0) is 83.9 Å². The second kappa shape index (κ2) is 14.3. The van der Waals surface area contributed by atoms with Crippen LogP contribution in [0.3, 0.4) is 0 Å². The first kappa shape index (κ1) is 31.6. The Kier molecular flexibility index (Phi) is 9.79. The molecule has 0 heterocycles. The van der Waals surface area contributed by atoms with Gasteiger partial charge in [0.05, 0.1) is 5.25 Å². The van der Waals surface area contributed by atoms with Gasteiger partial charge in [-0.15, -0.1) is 11.8 Å². The lowest BCUT2D eigenvalue weighted by Gasteiger charge is -2.14. The molecule has 0 saturated heterocycles. The third-order valence-electron chi connectivity index (χ3n) is 6.94. The highest BCUT2D eigenvalue weighted by atomic mass is 32.2. The minimum absolute atomic E-state index is 0.0641. The fourth-order valence-corrected chi connectivity index (χ4v) is 5.44. The number of aromatic hydroxyl groups is 1. The topological polar surface area (TPSA) is 145 Å². The highest BCUT2D eigenvalue weighted by Crippen LogP contribution is 2.27. The Hall–Kier alpha value is -5.87. The fourth-order valence-electron chi connectivity index (χ4n) is 4.58. The summed E-state index contributed by atoms with van der Waals surface area (Å²) in [5.41, 5.74) is 1.65. The van der Waals surface area contributed by atoms with Crippen molar-refractivity contribution in [2.75, 3.05) is 10.6 Å². The number of anilines is 2. The summed E-state index contributed by atoms with van der Waals surface area (Å²) in [6, 6.07) is 32.8. The van der Waals surface area contributed by atoms with Gasteiger partial charge in [0.2, 0.25) is 5.91 Å². The van der Waals surface area contributed by atoms with Gasteiger partial charge in [-0.3, -0.25) is 14.4 Å². The van der Waals surface area contributed by atoms with Crippen LogP contribution in [-0.4, -0.2) is 39.2 Å². The molecule has 0 aliphatic heterocycles. The summed E-state index contributed by atoms with van der Waals surface area (Å²) < 4.78 is 0. The summed E-state index contributed by atoms with van der Waals surface area (Å²) in [6.45, 7) is 1.70. The molecule has 0 aromatic heterocycles. The Morgan fingerprint density at radius 3 is 2.17 bits per heavy atom. The van der Waals surface area contributed by atoms with Gasteiger partial charge in [0, 0.05) is 21.8 Å². The highest BCUT2D eigenvalue weighted by molar-refractivity contribution is 8.00. The van der Waals surface area contributed by atoms with Gasteiger partial charge in [-0.1, -0.05) is 60.7 Å². The molecular formula is C36H29N3O6S. The minimum Gasteiger partial charge on any atom is -0.507 e. The van der Waals surface area contributed by atoms with Crippen molar-refractivity contribution in [1.29, 1.82) is 0 Å². The van der Waals surface area contributed by atoms with Gasteiger partial charge >= 0.3 is 5.97 Å². The first-order valence-electron chi connectivity index (χ1n) is 14.2. The lowest BCUT2D eigenvalue weighted by atomic mass is 10.0. The van der Waals surface area contributed by atoms with Gasteiger partial charge in [-0.2, -0.15) is 0 Å². The number of benzene rings is 5. The zero-order valence-corrected chi connectivity index (χ0v) is 25.4. The number of amides is 3. The average Bonchev–Trinajstić information content (AvgIpc) is 3.06. The maximum Gasteiger partial charge on any atom is 0.339 e. The Morgan fingerprint density at radius 2 is 1.43 bits per heavy atom. The van der Waals surface area contributed by atoms with Gasteiger partial charge in [-0.25, -0.2) is 4.79 Å². The number of carboxylic acid groups (broad SMARTS) is 1. The standard InChI is InChI=1S/C36H29N3O6S/c1-22(33(41)38-27-16-19-32(40)30(21-27)36(44)45)46-28-17-14-26(15-18-28)37-35(43)31(39-34(42)24-9-3-2-4-10-24)20-25-12-7-11-23-8-5-6-13-29(23)25/h2-22,40H,1H3,(H,37,43)(H,38,41)(H,39,42)(H,44,45)/b31-20-. The number of carboxylic acids is 1. The fraction of sp³-hybridized carbons (Fsp3) is 0.0556. The molecule has 230 valence electrons. The Bertz CT molecular complexity index is 1950. The maximum atomic E-state index is 13.5. The van der Waals surface area contributed by atoms with Crippen LogP contribution in [0.25, 0.3) is 16.8 Å². The largest absolute Gasteiger partial charge is 0.507 e. The summed E-state index contributed by atoms with van der Waals surface area (Å²) in [7, 11) is 0. The Labute approximate surface area is 269 Å². The van der Waals surface area contributed by atoms with Crippen LogP contribution in [0.2, 0.25) is 0 Å². The molecule has 0 radical (unpaired) electrons. The molecule has 1 unspecified atom stereocenters. The molecule has 1 atom stereocenters. The number of aromatic carboxylic acids is 1. The van der Waals surface area contributed by atoms with Crippen molar-refractivity contribution in [3.05, 3.63) is 138 Å². The van der Waals surface area contributed by atoms with Crippen molar-refractivity contribution in [2.45, 2.75) is 17.1 Å². The lowest BCUT2D eigenvalue weighted by Crippen LogP contribution is -2.30. The predicted molar refractivity (Wildman–Crippen MR) is 180 cm³/mol. The maximum absolute atomic E-state index is 13.5. The van der Waals surface area contributed by atoms with Crippen molar-refractivity contribution in [2.24, 2.45) is 0 Å². The molecule has 10 heteroatoms. The van der Waals surface area contributed by atoms with E-state index in [0.29, 0.717) is 11.3 Å². The van der Waals surface area contributed by atoms with Crippen LogP contribution < -0.4 is 16.0 Å². The number of carbonyl (C=O) groups is 4. The lowest BCUT2D eigenvalue weighted by molar-refractivity contribution is -0.115. The van der Waals surface area contributed by atoms with Crippen LogP contribution in [0.5, 0.6) is 5.75 Å². The predicted octanol–water partition coefficient (Wildman–Crippen LogP) is 6.77. The third-order valence-corrected chi connectivity index (χ3v) is 8.05. The zero-order chi connectivity index (χ0) is 32.6. The van der Waals surface area contributed by atoms with Crippen LogP contribution in [0.4, 0.5) is 11.4 Å². The van der Waals surface area contributed by atoms with E-state index in [1.165, 1.54) is 30.0 Å². The molecule has 5 rings (SSSR count). The molecular weight excluding hydrogens is 602 g/mol. The van der Waals surface area contributed by atoms with Crippen molar-refractivity contribution < 1.29 is 29.4 Å². The van der Waals surface area contributed by atoms with Gasteiger partial charge < -0.3 is 26.2 Å². The van der Waals surface area contributed by atoms with E-state index < -0.39 is 28.8 Å². The first-order chi connectivity index (χ1) is 22.2. The average molecular weight is 632 g/mol. The number of nitrogens with one attached hydrogen (secondary N) is 3. The minimum atomic E-state index is -1.31. The second-order valence-corrected chi connectivity index (χ2v) is 11.6. The molecule has 5 N–H and O–H groups in total. The second-order valence-electron chi connectivity index (χ2n) is 10.2. The summed E-state index contributed by atoms with van der Waals surface area (Å²) in [6.07, 6.45) is 1.65. The molecule has 46 heavy (non-hydrogen) atoms. The SMILES string of the molecule is CC(Sc1ccc(NC(=O)/C(=C/c2cccc3ccccc23)NC(=O)c2ccccc2)cc1)C(=O)Nc1ccc(O)c(C(=O)O)c1. The van der Waals surface area contributed by atoms with Crippen LogP contribution >= 0.6 is 11.8 Å². The highest BCUT2D eigenvalue weighted by Gasteiger charge is 2.18. The molecule has 0 aliphatic carbocycles. The third kappa shape index (κ3) is 7.79. The van der Waals surface area contributed by atoms with E-state index in [1.54, 1.807) is 67.6 Å². The summed E-state index contributed by atoms with van der Waals surface area (Å²) in [5.74, 6) is -3.00.